The zero-order chi connectivity index (χ0) is 12.0. The van der Waals surface area contributed by atoms with Crippen LogP contribution >= 0.6 is 15.9 Å². The molecule has 1 amide bonds. The highest BCUT2D eigenvalue weighted by atomic mass is 79.9. The van der Waals surface area contributed by atoms with Crippen LogP contribution in [0.3, 0.4) is 0 Å². The standard InChI is InChI=1S/C11H16BrNO3/c1-8-10(4-6-16-8)11(14)13-9(3-5-12)7-15-2/h4,6,9H,3,5,7H2,1-2H3,(H,13,14). The molecule has 0 spiro atoms. The molecule has 1 N–H and O–H groups in total. The van der Waals surface area contributed by atoms with Gasteiger partial charge >= 0.3 is 0 Å². The predicted octanol–water partition coefficient (Wildman–Crippen LogP) is 2.12. The number of halogens is 1. The van der Waals surface area contributed by atoms with Gasteiger partial charge in [0.1, 0.15) is 5.76 Å². The van der Waals surface area contributed by atoms with Gasteiger partial charge in [0.25, 0.3) is 5.91 Å². The van der Waals surface area contributed by atoms with Crippen LogP contribution in [-0.4, -0.2) is 31.0 Å². The van der Waals surface area contributed by atoms with Gasteiger partial charge in [-0.2, -0.15) is 0 Å². The van der Waals surface area contributed by atoms with Crippen molar-refractivity contribution in [2.45, 2.75) is 19.4 Å². The first-order valence-corrected chi connectivity index (χ1v) is 6.21. The maximum Gasteiger partial charge on any atom is 0.255 e. The van der Waals surface area contributed by atoms with Crippen molar-refractivity contribution in [1.29, 1.82) is 0 Å². The summed E-state index contributed by atoms with van der Waals surface area (Å²) in [7, 11) is 1.62. The Morgan fingerprint density at radius 3 is 2.94 bits per heavy atom. The molecule has 0 aromatic carbocycles. The van der Waals surface area contributed by atoms with Crippen LogP contribution in [0.2, 0.25) is 0 Å². The van der Waals surface area contributed by atoms with Crippen molar-refractivity contribution in [3.63, 3.8) is 0 Å². The number of hydrogen-bond acceptors (Lipinski definition) is 3. The van der Waals surface area contributed by atoms with Gasteiger partial charge in [-0.1, -0.05) is 15.9 Å². The number of amides is 1. The fourth-order valence-electron chi connectivity index (χ4n) is 1.41. The van der Waals surface area contributed by atoms with Crippen molar-refractivity contribution >= 4 is 21.8 Å². The second kappa shape index (κ2) is 6.70. The third-order valence-corrected chi connectivity index (χ3v) is 2.72. The lowest BCUT2D eigenvalue weighted by molar-refractivity contribution is 0.0894. The molecular formula is C11H16BrNO3. The molecule has 0 aliphatic carbocycles. The molecule has 0 fully saturated rings. The second-order valence-corrected chi connectivity index (χ2v) is 4.29. The summed E-state index contributed by atoms with van der Waals surface area (Å²) >= 11 is 3.35. The summed E-state index contributed by atoms with van der Waals surface area (Å²) in [6, 6.07) is 1.69. The van der Waals surface area contributed by atoms with E-state index in [4.69, 9.17) is 9.15 Å². The number of ether oxygens (including phenoxy) is 1. The van der Waals surface area contributed by atoms with Crippen LogP contribution in [0.15, 0.2) is 16.7 Å². The number of carbonyl (C=O) groups excluding carboxylic acids is 1. The largest absolute Gasteiger partial charge is 0.469 e. The fourth-order valence-corrected chi connectivity index (χ4v) is 1.97. The summed E-state index contributed by atoms with van der Waals surface area (Å²) in [6.45, 7) is 2.28. The maximum atomic E-state index is 11.8. The van der Waals surface area contributed by atoms with E-state index >= 15 is 0 Å². The minimum atomic E-state index is -0.116. The Kier molecular flexibility index (Phi) is 5.55. The number of carbonyl (C=O) groups is 1. The molecule has 1 unspecified atom stereocenters. The maximum absolute atomic E-state index is 11.8. The molecule has 1 heterocycles. The van der Waals surface area contributed by atoms with Gasteiger partial charge < -0.3 is 14.5 Å². The number of nitrogens with one attached hydrogen (secondary N) is 1. The lowest BCUT2D eigenvalue weighted by atomic mass is 10.2. The van der Waals surface area contributed by atoms with E-state index in [0.717, 1.165) is 11.8 Å². The van der Waals surface area contributed by atoms with E-state index < -0.39 is 0 Å². The first-order chi connectivity index (χ1) is 7.69. The SMILES string of the molecule is COCC(CCBr)NC(=O)c1ccoc1C. The lowest BCUT2D eigenvalue weighted by Crippen LogP contribution is -2.38. The number of methoxy groups -OCH3 is 1. The molecular weight excluding hydrogens is 274 g/mol. The molecule has 0 aliphatic heterocycles. The van der Waals surface area contributed by atoms with Crippen molar-refractivity contribution in [3.8, 4) is 0 Å². The molecule has 16 heavy (non-hydrogen) atoms. The van der Waals surface area contributed by atoms with Gasteiger partial charge in [-0.3, -0.25) is 4.79 Å². The van der Waals surface area contributed by atoms with Crippen molar-refractivity contribution in [1.82, 2.24) is 5.32 Å². The van der Waals surface area contributed by atoms with Crippen molar-refractivity contribution in [2.24, 2.45) is 0 Å². The van der Waals surface area contributed by atoms with Crippen LogP contribution in [0.4, 0.5) is 0 Å². The monoisotopic (exact) mass is 289 g/mol. The number of rotatable bonds is 6. The van der Waals surface area contributed by atoms with E-state index in [0.29, 0.717) is 17.9 Å². The van der Waals surface area contributed by atoms with Crippen LogP contribution in [0, 0.1) is 6.92 Å². The summed E-state index contributed by atoms with van der Waals surface area (Å²) in [5, 5.41) is 3.73. The quantitative estimate of drug-likeness (QED) is 0.816. The normalized spacial score (nSPS) is 12.4. The molecule has 0 bridgehead atoms. The summed E-state index contributed by atoms with van der Waals surface area (Å²) in [6.07, 6.45) is 2.34. The Morgan fingerprint density at radius 1 is 1.69 bits per heavy atom. The minimum Gasteiger partial charge on any atom is -0.469 e. The van der Waals surface area contributed by atoms with Crippen LogP contribution in [0.5, 0.6) is 0 Å². The third kappa shape index (κ3) is 3.64. The molecule has 0 aliphatic rings. The van der Waals surface area contributed by atoms with E-state index in [1.54, 1.807) is 20.1 Å². The number of furan rings is 1. The number of hydrogen-bond donors (Lipinski definition) is 1. The van der Waals surface area contributed by atoms with Gasteiger partial charge in [0.05, 0.1) is 24.5 Å². The van der Waals surface area contributed by atoms with E-state index in [9.17, 15) is 4.79 Å². The summed E-state index contributed by atoms with van der Waals surface area (Å²) in [5.74, 6) is 0.516. The summed E-state index contributed by atoms with van der Waals surface area (Å²) < 4.78 is 10.1. The second-order valence-electron chi connectivity index (χ2n) is 3.49. The number of alkyl halides is 1. The third-order valence-electron chi connectivity index (χ3n) is 2.26. The fraction of sp³-hybridized carbons (Fsp3) is 0.545. The van der Waals surface area contributed by atoms with Gasteiger partial charge in [-0.05, 0) is 19.4 Å². The first-order valence-electron chi connectivity index (χ1n) is 5.09. The van der Waals surface area contributed by atoms with Gasteiger partial charge in [0.2, 0.25) is 0 Å². The molecule has 4 nitrogen and oxygen atoms in total. The van der Waals surface area contributed by atoms with Gasteiger partial charge in [0.15, 0.2) is 0 Å². The van der Waals surface area contributed by atoms with Crippen LogP contribution in [-0.2, 0) is 4.74 Å². The van der Waals surface area contributed by atoms with Crippen molar-refractivity contribution < 1.29 is 13.9 Å². The minimum absolute atomic E-state index is 0.0196. The highest BCUT2D eigenvalue weighted by molar-refractivity contribution is 9.09. The van der Waals surface area contributed by atoms with Crippen molar-refractivity contribution in [3.05, 3.63) is 23.7 Å². The van der Waals surface area contributed by atoms with Crippen LogP contribution in [0.1, 0.15) is 22.5 Å². The molecule has 5 heteroatoms. The smallest absolute Gasteiger partial charge is 0.255 e. The molecule has 1 aromatic heterocycles. The van der Waals surface area contributed by atoms with Crippen LogP contribution < -0.4 is 5.32 Å². The van der Waals surface area contributed by atoms with Crippen molar-refractivity contribution in [2.75, 3.05) is 19.0 Å². The number of aryl methyl sites for hydroxylation is 1. The molecule has 1 atom stereocenters. The summed E-state index contributed by atoms with van der Waals surface area (Å²) in [4.78, 5) is 11.8. The molecule has 90 valence electrons. The molecule has 0 radical (unpaired) electrons. The van der Waals surface area contributed by atoms with Gasteiger partial charge in [0, 0.05) is 12.4 Å². The lowest BCUT2D eigenvalue weighted by Gasteiger charge is -2.16. The Hall–Kier alpha value is -0.810. The van der Waals surface area contributed by atoms with Gasteiger partial charge in [-0.25, -0.2) is 0 Å². The topological polar surface area (TPSA) is 51.5 Å². The predicted molar refractivity (Wildman–Crippen MR) is 65.0 cm³/mol. The van der Waals surface area contributed by atoms with E-state index in [1.807, 2.05) is 0 Å². The Bertz CT molecular complexity index is 332. The average Bonchev–Trinajstić information content (AvgIpc) is 2.65. The van der Waals surface area contributed by atoms with E-state index in [2.05, 4.69) is 21.2 Å². The Labute approximate surface area is 103 Å². The van der Waals surface area contributed by atoms with Crippen LogP contribution in [0.25, 0.3) is 0 Å². The molecule has 1 rings (SSSR count). The zero-order valence-electron chi connectivity index (χ0n) is 9.46. The molecule has 0 saturated heterocycles. The molecule has 0 saturated carbocycles. The summed E-state index contributed by atoms with van der Waals surface area (Å²) in [5.41, 5.74) is 0.579. The highest BCUT2D eigenvalue weighted by Gasteiger charge is 2.16. The average molecular weight is 290 g/mol. The zero-order valence-corrected chi connectivity index (χ0v) is 11.0. The highest BCUT2D eigenvalue weighted by Crippen LogP contribution is 2.09. The first kappa shape index (κ1) is 13.3. The van der Waals surface area contributed by atoms with E-state index in [1.165, 1.54) is 6.26 Å². The Balaban J connectivity index is 2.58. The Morgan fingerprint density at radius 2 is 2.44 bits per heavy atom. The van der Waals surface area contributed by atoms with E-state index in [-0.39, 0.29) is 11.9 Å². The van der Waals surface area contributed by atoms with Gasteiger partial charge in [-0.15, -0.1) is 0 Å². The molecule has 1 aromatic rings.